The molecule has 1 spiro atoms. The highest BCUT2D eigenvalue weighted by Crippen LogP contribution is 2.66. The van der Waals surface area contributed by atoms with Crippen LogP contribution in [0, 0.1) is 6.92 Å². The molecule has 3 atom stereocenters. The van der Waals surface area contributed by atoms with Crippen LogP contribution in [0.25, 0.3) is 0 Å². The van der Waals surface area contributed by atoms with E-state index in [1.807, 2.05) is 42.5 Å². The molecular formula is C23H18O2S. The fraction of sp³-hybridized carbons (Fsp3) is 0.174. The molecular weight excluding hydrogens is 340 g/mol. The number of thioether (sulfide) groups is 1. The average molecular weight is 358 g/mol. The van der Waals surface area contributed by atoms with Crippen LogP contribution in [0.1, 0.15) is 38.4 Å². The molecule has 3 unspecified atom stereocenters. The molecule has 0 bridgehead atoms. The van der Waals surface area contributed by atoms with Gasteiger partial charge in [-0.2, -0.15) is 0 Å². The highest BCUT2D eigenvalue weighted by atomic mass is 32.2. The zero-order valence-electron chi connectivity index (χ0n) is 14.4. The van der Waals surface area contributed by atoms with E-state index in [0.29, 0.717) is 0 Å². The van der Waals surface area contributed by atoms with E-state index in [0.717, 1.165) is 21.6 Å². The lowest BCUT2D eigenvalue weighted by Gasteiger charge is -2.30. The lowest BCUT2D eigenvalue weighted by atomic mass is 9.84. The van der Waals surface area contributed by atoms with Crippen LogP contribution in [0.2, 0.25) is 0 Å². The molecule has 0 aliphatic carbocycles. The van der Waals surface area contributed by atoms with Crippen LogP contribution in [0.5, 0.6) is 0 Å². The van der Waals surface area contributed by atoms with Crippen molar-refractivity contribution in [1.82, 2.24) is 0 Å². The fourth-order valence-electron chi connectivity index (χ4n) is 3.83. The molecule has 2 aliphatic heterocycles. The van der Waals surface area contributed by atoms with Gasteiger partial charge in [0, 0.05) is 10.5 Å². The van der Waals surface area contributed by atoms with Gasteiger partial charge in [-0.15, -0.1) is 11.8 Å². The monoisotopic (exact) mass is 358 g/mol. The number of epoxide rings is 1. The van der Waals surface area contributed by atoms with E-state index < -0.39 is 5.60 Å². The van der Waals surface area contributed by atoms with Gasteiger partial charge in [0.1, 0.15) is 6.10 Å². The Hall–Kier alpha value is -2.36. The lowest BCUT2D eigenvalue weighted by Crippen LogP contribution is -2.35. The van der Waals surface area contributed by atoms with Crippen molar-refractivity contribution >= 4 is 17.5 Å². The molecule has 0 aromatic heterocycles. The third kappa shape index (κ3) is 2.28. The standard InChI is InChI=1S/C23H18O2S/c1-15-11-13-16(14-12-15)21-23(25-21)20(24)18-9-5-6-10-19(18)26-22(23)17-7-3-2-4-8-17/h2-14,21-22H,1H3. The fourth-order valence-corrected chi connectivity index (χ4v) is 5.29. The summed E-state index contributed by atoms with van der Waals surface area (Å²) in [7, 11) is 0. The summed E-state index contributed by atoms with van der Waals surface area (Å²) in [5.41, 5.74) is 3.38. The first kappa shape index (κ1) is 15.9. The first-order chi connectivity index (χ1) is 12.7. The van der Waals surface area contributed by atoms with Crippen LogP contribution in [-0.4, -0.2) is 11.4 Å². The Balaban J connectivity index is 1.64. The highest BCUT2D eigenvalue weighted by molar-refractivity contribution is 7.99. The molecule has 3 heteroatoms. The number of aryl methyl sites for hydroxylation is 1. The molecule has 1 fully saturated rings. The summed E-state index contributed by atoms with van der Waals surface area (Å²) in [4.78, 5) is 14.5. The van der Waals surface area contributed by atoms with Crippen molar-refractivity contribution in [2.75, 3.05) is 0 Å². The van der Waals surface area contributed by atoms with Crippen molar-refractivity contribution in [2.45, 2.75) is 28.8 Å². The van der Waals surface area contributed by atoms with Gasteiger partial charge in [-0.1, -0.05) is 78.4 Å². The summed E-state index contributed by atoms with van der Waals surface area (Å²) in [6, 6.07) is 26.4. The number of hydrogen-bond donors (Lipinski definition) is 0. The largest absolute Gasteiger partial charge is 0.351 e. The topological polar surface area (TPSA) is 29.6 Å². The number of fused-ring (bicyclic) bond motifs is 1. The van der Waals surface area contributed by atoms with E-state index in [-0.39, 0.29) is 17.1 Å². The Morgan fingerprint density at radius 2 is 1.54 bits per heavy atom. The Morgan fingerprint density at radius 1 is 0.846 bits per heavy atom. The third-order valence-electron chi connectivity index (χ3n) is 5.25. The van der Waals surface area contributed by atoms with Crippen LogP contribution in [0.3, 0.4) is 0 Å². The molecule has 26 heavy (non-hydrogen) atoms. The van der Waals surface area contributed by atoms with Crippen molar-refractivity contribution in [3.8, 4) is 0 Å². The molecule has 0 N–H and O–H groups in total. The number of carbonyl (C=O) groups is 1. The first-order valence-corrected chi connectivity index (χ1v) is 9.68. The van der Waals surface area contributed by atoms with Gasteiger partial charge in [0.2, 0.25) is 0 Å². The number of carbonyl (C=O) groups excluding carboxylic acids is 1. The molecule has 2 heterocycles. The Bertz CT molecular complexity index is 981. The summed E-state index contributed by atoms with van der Waals surface area (Å²) in [5, 5.41) is -0.0441. The maximum atomic E-state index is 13.5. The predicted molar refractivity (Wildman–Crippen MR) is 104 cm³/mol. The number of hydrogen-bond acceptors (Lipinski definition) is 3. The Kier molecular flexibility index (Phi) is 3.56. The van der Waals surface area contributed by atoms with Crippen LogP contribution in [0.15, 0.2) is 83.8 Å². The summed E-state index contributed by atoms with van der Waals surface area (Å²) in [6.45, 7) is 2.07. The number of ketones is 1. The summed E-state index contributed by atoms with van der Waals surface area (Å²) in [6.07, 6.45) is -0.193. The summed E-state index contributed by atoms with van der Waals surface area (Å²) >= 11 is 1.74. The Labute approximate surface area is 157 Å². The second kappa shape index (κ2) is 5.83. The second-order valence-electron chi connectivity index (χ2n) is 6.94. The minimum absolute atomic E-state index is 0.0441. The van der Waals surface area contributed by atoms with Crippen LogP contribution >= 0.6 is 11.8 Å². The summed E-state index contributed by atoms with van der Waals surface area (Å²) < 4.78 is 6.24. The average Bonchev–Trinajstić information content (AvgIpc) is 3.42. The van der Waals surface area contributed by atoms with Crippen molar-refractivity contribution in [2.24, 2.45) is 0 Å². The second-order valence-corrected chi connectivity index (χ2v) is 8.08. The van der Waals surface area contributed by atoms with Crippen molar-refractivity contribution in [3.63, 3.8) is 0 Å². The van der Waals surface area contributed by atoms with Crippen LogP contribution in [0.4, 0.5) is 0 Å². The SMILES string of the molecule is Cc1ccc(C2OC23C(=O)c2ccccc2SC3c2ccccc2)cc1. The Morgan fingerprint density at radius 3 is 2.31 bits per heavy atom. The molecule has 3 aromatic rings. The normalized spacial score (nSPS) is 26.6. The van der Waals surface area contributed by atoms with E-state index in [2.05, 4.69) is 43.3 Å². The first-order valence-electron chi connectivity index (χ1n) is 8.80. The zero-order valence-corrected chi connectivity index (χ0v) is 15.2. The maximum absolute atomic E-state index is 13.5. The molecule has 0 amide bonds. The molecule has 128 valence electrons. The van der Waals surface area contributed by atoms with E-state index in [4.69, 9.17) is 4.74 Å². The van der Waals surface area contributed by atoms with E-state index >= 15 is 0 Å². The van der Waals surface area contributed by atoms with Gasteiger partial charge in [0.15, 0.2) is 11.4 Å². The van der Waals surface area contributed by atoms with Crippen molar-refractivity contribution < 1.29 is 9.53 Å². The molecule has 3 aromatic carbocycles. The van der Waals surface area contributed by atoms with Crippen LogP contribution < -0.4 is 0 Å². The molecule has 2 aliphatic rings. The number of ether oxygens (including phenoxy) is 1. The number of benzene rings is 3. The van der Waals surface area contributed by atoms with Gasteiger partial charge in [0.05, 0.1) is 5.25 Å². The smallest absolute Gasteiger partial charge is 0.200 e. The third-order valence-corrected chi connectivity index (χ3v) is 6.72. The molecule has 2 nitrogen and oxygen atoms in total. The zero-order chi connectivity index (χ0) is 17.7. The van der Waals surface area contributed by atoms with Gasteiger partial charge in [-0.25, -0.2) is 0 Å². The van der Waals surface area contributed by atoms with E-state index in [1.54, 1.807) is 11.8 Å². The lowest BCUT2D eigenvalue weighted by molar-refractivity contribution is 0.0861. The maximum Gasteiger partial charge on any atom is 0.200 e. The number of Topliss-reactive ketones (excluding diaryl/α,β-unsaturated/α-hetero) is 1. The van der Waals surface area contributed by atoms with Crippen molar-refractivity contribution in [1.29, 1.82) is 0 Å². The van der Waals surface area contributed by atoms with E-state index in [1.165, 1.54) is 5.56 Å². The van der Waals surface area contributed by atoms with E-state index in [9.17, 15) is 4.79 Å². The minimum atomic E-state index is -0.810. The molecule has 5 rings (SSSR count). The van der Waals surface area contributed by atoms with Crippen molar-refractivity contribution in [3.05, 3.63) is 101 Å². The molecule has 1 saturated heterocycles. The van der Waals surface area contributed by atoms with Gasteiger partial charge in [-0.3, -0.25) is 4.79 Å². The minimum Gasteiger partial charge on any atom is -0.351 e. The highest BCUT2D eigenvalue weighted by Gasteiger charge is 2.69. The van der Waals surface area contributed by atoms with Crippen LogP contribution in [-0.2, 0) is 4.74 Å². The van der Waals surface area contributed by atoms with Gasteiger partial charge in [-0.05, 0) is 24.1 Å². The molecule has 0 saturated carbocycles. The molecule has 0 radical (unpaired) electrons. The summed E-state index contributed by atoms with van der Waals surface area (Å²) in [5.74, 6) is 0.103. The van der Waals surface area contributed by atoms with Gasteiger partial charge >= 0.3 is 0 Å². The number of rotatable bonds is 2. The predicted octanol–water partition coefficient (Wildman–Crippen LogP) is 5.54. The quantitative estimate of drug-likeness (QED) is 0.564. The van der Waals surface area contributed by atoms with Gasteiger partial charge < -0.3 is 4.74 Å². The van der Waals surface area contributed by atoms with Gasteiger partial charge in [0.25, 0.3) is 0 Å².